The number of benzene rings is 2. The molecule has 10 heteroatoms. The Kier molecular flexibility index (Phi) is 11.9. The van der Waals surface area contributed by atoms with Crippen LogP contribution >= 0.6 is 0 Å². The molecular weight excluding hydrogens is 530 g/mol. The van der Waals surface area contributed by atoms with Gasteiger partial charge < -0.3 is 29.4 Å². The van der Waals surface area contributed by atoms with E-state index in [1.807, 2.05) is 13.8 Å². The lowest BCUT2D eigenvalue weighted by Gasteiger charge is -2.23. The van der Waals surface area contributed by atoms with Crippen LogP contribution in [0.5, 0.6) is 17.2 Å². The standard InChI is InChI=1S/C31H41NO9/c1-8-30(4,5)27(34)40-24-16-15-21(18-25(24)41-28(35)31(6,7)9-2)17-23(32)26(33)38-20(3)19-37-29(36)39-22-13-11-10-12-14-22/h10-16,18,20,23H,8-9,17,19,32H2,1-7H3/t20-,23-/m0/s1. The first-order chi connectivity index (χ1) is 19.2. The molecule has 2 N–H and O–H groups in total. The number of esters is 3. The summed E-state index contributed by atoms with van der Waals surface area (Å²) in [5, 5.41) is 0. The average molecular weight is 572 g/mol. The molecule has 0 amide bonds. The van der Waals surface area contributed by atoms with Crippen molar-refractivity contribution in [2.45, 2.75) is 79.9 Å². The molecule has 0 radical (unpaired) electrons. The first kappa shape index (κ1) is 33.3. The van der Waals surface area contributed by atoms with Crippen LogP contribution in [-0.4, -0.2) is 42.8 Å². The van der Waals surface area contributed by atoms with Crippen molar-refractivity contribution in [3.63, 3.8) is 0 Å². The van der Waals surface area contributed by atoms with Gasteiger partial charge in [0.05, 0.1) is 10.8 Å². The molecule has 2 aromatic rings. The van der Waals surface area contributed by atoms with Gasteiger partial charge in [0, 0.05) is 0 Å². The number of nitrogens with two attached hydrogens (primary N) is 1. The molecule has 0 bridgehead atoms. The van der Waals surface area contributed by atoms with E-state index in [0.717, 1.165) is 0 Å². The van der Waals surface area contributed by atoms with Crippen molar-refractivity contribution in [1.29, 1.82) is 0 Å². The number of carbonyl (C=O) groups is 4. The molecule has 10 nitrogen and oxygen atoms in total. The van der Waals surface area contributed by atoms with Crippen molar-refractivity contribution in [2.24, 2.45) is 16.6 Å². The maximum absolute atomic E-state index is 12.8. The maximum Gasteiger partial charge on any atom is 0.513 e. The van der Waals surface area contributed by atoms with Gasteiger partial charge in [-0.05, 0) is 83.7 Å². The molecule has 0 saturated heterocycles. The molecule has 0 spiro atoms. The molecule has 2 rings (SSSR count). The van der Waals surface area contributed by atoms with Gasteiger partial charge in [-0.1, -0.05) is 38.1 Å². The van der Waals surface area contributed by atoms with Crippen LogP contribution in [0.2, 0.25) is 0 Å². The molecule has 0 aliphatic carbocycles. The Morgan fingerprint density at radius 1 is 0.805 bits per heavy atom. The van der Waals surface area contributed by atoms with Crippen molar-refractivity contribution >= 4 is 24.1 Å². The first-order valence-corrected chi connectivity index (χ1v) is 13.6. The minimum atomic E-state index is -1.07. The summed E-state index contributed by atoms with van der Waals surface area (Å²) in [6.45, 7) is 12.1. The molecule has 0 saturated carbocycles. The van der Waals surface area contributed by atoms with Crippen LogP contribution in [0.3, 0.4) is 0 Å². The van der Waals surface area contributed by atoms with E-state index in [4.69, 9.17) is 29.4 Å². The Hall–Kier alpha value is -3.92. The van der Waals surface area contributed by atoms with Gasteiger partial charge in [-0.2, -0.15) is 0 Å². The summed E-state index contributed by atoms with van der Waals surface area (Å²) >= 11 is 0. The Morgan fingerprint density at radius 2 is 1.37 bits per heavy atom. The number of carbonyl (C=O) groups excluding carboxylic acids is 4. The van der Waals surface area contributed by atoms with Crippen molar-refractivity contribution in [1.82, 2.24) is 0 Å². The summed E-state index contributed by atoms with van der Waals surface area (Å²) in [6.07, 6.45) is -0.588. The van der Waals surface area contributed by atoms with Crippen LogP contribution in [0.25, 0.3) is 0 Å². The molecule has 224 valence electrons. The van der Waals surface area contributed by atoms with Crippen LogP contribution in [0.15, 0.2) is 48.5 Å². The smallest absolute Gasteiger partial charge is 0.458 e. The van der Waals surface area contributed by atoms with E-state index in [1.165, 1.54) is 12.1 Å². The van der Waals surface area contributed by atoms with Gasteiger partial charge in [0.25, 0.3) is 0 Å². The summed E-state index contributed by atoms with van der Waals surface area (Å²) in [5.41, 5.74) is 5.13. The third-order valence-electron chi connectivity index (χ3n) is 6.74. The average Bonchev–Trinajstić information content (AvgIpc) is 2.93. The summed E-state index contributed by atoms with van der Waals surface area (Å²) in [5.74, 6) is -1.22. The first-order valence-electron chi connectivity index (χ1n) is 13.6. The molecule has 2 aromatic carbocycles. The lowest BCUT2D eigenvalue weighted by atomic mass is 9.90. The van der Waals surface area contributed by atoms with Crippen molar-refractivity contribution in [2.75, 3.05) is 6.61 Å². The third-order valence-corrected chi connectivity index (χ3v) is 6.74. The molecule has 41 heavy (non-hydrogen) atoms. The summed E-state index contributed by atoms with van der Waals surface area (Å²) in [7, 11) is 0. The largest absolute Gasteiger partial charge is 0.513 e. The Labute approximate surface area is 241 Å². The van der Waals surface area contributed by atoms with E-state index in [0.29, 0.717) is 24.2 Å². The zero-order valence-corrected chi connectivity index (χ0v) is 24.9. The lowest BCUT2D eigenvalue weighted by molar-refractivity contribution is -0.152. The zero-order chi connectivity index (χ0) is 30.8. The summed E-state index contributed by atoms with van der Waals surface area (Å²) in [4.78, 5) is 50.0. The van der Waals surface area contributed by atoms with E-state index in [-0.39, 0.29) is 24.5 Å². The molecule has 0 aromatic heterocycles. The Bertz CT molecular complexity index is 1210. The van der Waals surface area contributed by atoms with Crippen LogP contribution < -0.4 is 19.9 Å². The van der Waals surface area contributed by atoms with Crippen LogP contribution in [0.1, 0.15) is 66.9 Å². The van der Waals surface area contributed by atoms with Gasteiger partial charge >= 0.3 is 24.1 Å². The normalized spacial score (nSPS) is 13.0. The van der Waals surface area contributed by atoms with E-state index in [2.05, 4.69) is 0 Å². The van der Waals surface area contributed by atoms with Crippen molar-refractivity contribution in [3.05, 3.63) is 54.1 Å². The molecule has 0 aliphatic rings. The second kappa shape index (κ2) is 14.6. The van der Waals surface area contributed by atoms with Crippen molar-refractivity contribution in [3.8, 4) is 17.2 Å². The van der Waals surface area contributed by atoms with E-state index < -0.39 is 47.0 Å². The highest BCUT2D eigenvalue weighted by atomic mass is 16.7. The topological polar surface area (TPSA) is 140 Å². The second-order valence-electron chi connectivity index (χ2n) is 11.1. The van der Waals surface area contributed by atoms with Gasteiger partial charge in [0.15, 0.2) is 11.5 Å². The SMILES string of the molecule is CCC(C)(C)C(=O)Oc1ccc(C[C@H](N)C(=O)O[C@@H](C)COC(=O)Oc2ccccc2)cc1OC(=O)C(C)(C)CC. The number of ether oxygens (including phenoxy) is 5. The van der Waals surface area contributed by atoms with Gasteiger partial charge in [0.2, 0.25) is 0 Å². The molecule has 0 unspecified atom stereocenters. The fraction of sp³-hybridized carbons (Fsp3) is 0.484. The predicted octanol–water partition coefficient (Wildman–Crippen LogP) is 5.39. The minimum absolute atomic E-state index is 0.0405. The van der Waals surface area contributed by atoms with Gasteiger partial charge in [0.1, 0.15) is 24.5 Å². The van der Waals surface area contributed by atoms with Crippen LogP contribution in [-0.2, 0) is 30.3 Å². The molecule has 0 aliphatic heterocycles. The molecular formula is C31H41NO9. The van der Waals surface area contributed by atoms with E-state index >= 15 is 0 Å². The highest BCUT2D eigenvalue weighted by Crippen LogP contribution is 2.34. The fourth-order valence-corrected chi connectivity index (χ4v) is 3.06. The molecule has 2 atom stereocenters. The number of hydrogen-bond acceptors (Lipinski definition) is 10. The molecule has 0 heterocycles. The summed E-state index contributed by atoms with van der Waals surface area (Å²) < 4.78 is 26.6. The number of hydrogen-bond donors (Lipinski definition) is 1. The maximum atomic E-state index is 12.8. The van der Waals surface area contributed by atoms with Crippen molar-refractivity contribution < 1.29 is 42.9 Å². The monoisotopic (exact) mass is 571 g/mol. The highest BCUT2D eigenvalue weighted by Gasteiger charge is 2.31. The fourth-order valence-electron chi connectivity index (χ4n) is 3.06. The second-order valence-corrected chi connectivity index (χ2v) is 11.1. The number of para-hydroxylation sites is 1. The van der Waals surface area contributed by atoms with Gasteiger partial charge in [-0.3, -0.25) is 14.4 Å². The van der Waals surface area contributed by atoms with Crippen LogP contribution in [0.4, 0.5) is 4.79 Å². The quantitative estimate of drug-likeness (QED) is 0.189. The molecule has 0 fully saturated rings. The van der Waals surface area contributed by atoms with Gasteiger partial charge in [-0.25, -0.2) is 4.79 Å². The highest BCUT2D eigenvalue weighted by molar-refractivity contribution is 5.81. The van der Waals surface area contributed by atoms with E-state index in [1.54, 1.807) is 71.0 Å². The Balaban J connectivity index is 2.06. The van der Waals surface area contributed by atoms with E-state index in [9.17, 15) is 19.2 Å². The Morgan fingerprint density at radius 3 is 1.93 bits per heavy atom. The zero-order valence-electron chi connectivity index (χ0n) is 24.9. The van der Waals surface area contributed by atoms with Gasteiger partial charge in [-0.15, -0.1) is 0 Å². The number of rotatable bonds is 13. The minimum Gasteiger partial charge on any atom is -0.458 e. The predicted molar refractivity (Wildman–Crippen MR) is 152 cm³/mol. The summed E-state index contributed by atoms with van der Waals surface area (Å²) in [6, 6.07) is 12.0. The lowest BCUT2D eigenvalue weighted by Crippen LogP contribution is -2.37. The van der Waals surface area contributed by atoms with Crippen LogP contribution in [0, 0.1) is 10.8 Å². The third kappa shape index (κ3) is 10.2.